The van der Waals surface area contributed by atoms with Crippen LogP contribution in [0.1, 0.15) is 57.0 Å². The van der Waals surface area contributed by atoms with E-state index in [1.807, 2.05) is 54.6 Å². The van der Waals surface area contributed by atoms with Gasteiger partial charge in [-0.15, -0.1) is 9.24 Å². The van der Waals surface area contributed by atoms with E-state index in [1.54, 1.807) is 33.3 Å². The molecule has 1 aliphatic carbocycles. The third-order valence-corrected chi connectivity index (χ3v) is 8.65. The van der Waals surface area contributed by atoms with Crippen molar-refractivity contribution in [3.8, 4) is 11.1 Å². The van der Waals surface area contributed by atoms with Gasteiger partial charge in [0.05, 0.1) is 29.7 Å². The van der Waals surface area contributed by atoms with Gasteiger partial charge in [-0.3, -0.25) is 24.7 Å². The molecule has 2 atom stereocenters. The highest BCUT2D eigenvalue weighted by molar-refractivity contribution is 7.27. The van der Waals surface area contributed by atoms with E-state index < -0.39 is 29.1 Å². The van der Waals surface area contributed by atoms with Crippen molar-refractivity contribution in [3.63, 3.8) is 0 Å². The Kier molecular flexibility index (Phi) is 13.3. The number of nitrogens with zero attached hydrogens (tertiary/aromatic N) is 6. The van der Waals surface area contributed by atoms with Gasteiger partial charge in [0.25, 0.3) is 5.92 Å². The van der Waals surface area contributed by atoms with Crippen LogP contribution in [-0.2, 0) is 22.1 Å². The van der Waals surface area contributed by atoms with E-state index in [4.69, 9.17) is 17.0 Å². The Bertz CT molecular complexity index is 1930. The summed E-state index contributed by atoms with van der Waals surface area (Å²) in [6.45, 7) is 4.90. The van der Waals surface area contributed by atoms with Gasteiger partial charge in [-0.2, -0.15) is 19.0 Å². The zero-order chi connectivity index (χ0) is 38.9. The summed E-state index contributed by atoms with van der Waals surface area (Å²) >= 11 is 0. The lowest BCUT2D eigenvalue weighted by Crippen LogP contribution is -2.55. The van der Waals surface area contributed by atoms with Gasteiger partial charge in [-0.05, 0) is 61.3 Å². The molecular formula is C37H48F2N11O2P. The molecule has 1 aromatic carbocycles. The van der Waals surface area contributed by atoms with Crippen molar-refractivity contribution in [2.45, 2.75) is 64.1 Å². The number of anilines is 1. The molecule has 2 amide bonds. The number of allylic oxidation sites excluding steroid dienone is 1. The van der Waals surface area contributed by atoms with Gasteiger partial charge in [0, 0.05) is 69.6 Å². The standard InChI is InChI=1S/C24H34F2N8O2.C13H14N3P/c1-23(2,14-34-19(17(27)12-29-28)11-20(32-34)24(3,25)26)31-22(36)18(30-21(35)16-7-8-16)10-15-6-5-9-33(4)13-15;1-15-7-11-5-10(8-16-13(11)14)9-3-2-4-12(17)6-9/h5-6,11-13,16,18,27H,7-10,14,28H2,1-4H3,(H,30,35)(H,31,36);2-8H,17H2,1H3,(H2,14,16)/b27-17?,29-12-;. The van der Waals surface area contributed by atoms with E-state index in [9.17, 15) is 18.4 Å². The van der Waals surface area contributed by atoms with Crippen LogP contribution in [-0.4, -0.2) is 81.8 Å². The van der Waals surface area contributed by atoms with Crippen LogP contribution in [0.3, 0.4) is 0 Å². The van der Waals surface area contributed by atoms with Crippen LogP contribution in [0.25, 0.3) is 11.1 Å². The summed E-state index contributed by atoms with van der Waals surface area (Å²) < 4.78 is 29.2. The molecule has 13 nitrogen and oxygen atoms in total. The first-order valence-electron chi connectivity index (χ1n) is 17.0. The summed E-state index contributed by atoms with van der Waals surface area (Å²) in [7, 11) is 6.33. The Morgan fingerprint density at radius 1 is 1.19 bits per heavy atom. The summed E-state index contributed by atoms with van der Waals surface area (Å²) in [5, 5.41) is 22.3. The summed E-state index contributed by atoms with van der Waals surface area (Å²) in [4.78, 5) is 36.0. The first-order valence-corrected chi connectivity index (χ1v) is 17.6. The van der Waals surface area contributed by atoms with Gasteiger partial charge < -0.3 is 27.1 Å². The fourth-order valence-electron chi connectivity index (χ4n) is 5.50. The van der Waals surface area contributed by atoms with E-state index in [-0.39, 0.29) is 29.8 Å². The van der Waals surface area contributed by atoms with Crippen LogP contribution in [0, 0.1) is 11.3 Å². The molecule has 1 saturated carbocycles. The number of halogens is 2. The van der Waals surface area contributed by atoms with Gasteiger partial charge in [0.15, 0.2) is 0 Å². The predicted octanol–water partition coefficient (Wildman–Crippen LogP) is 3.75. The number of likely N-dealkylation sites (N-methyl/N-ethyl adjacent to an activating group) is 1. The summed E-state index contributed by atoms with van der Waals surface area (Å²) in [6, 6.07) is 10.5. The highest BCUT2D eigenvalue weighted by Crippen LogP contribution is 2.30. The van der Waals surface area contributed by atoms with Crippen LogP contribution in [0.15, 0.2) is 76.6 Å². The Labute approximate surface area is 310 Å². The number of amides is 2. The quantitative estimate of drug-likeness (QED) is 0.0761. The number of nitrogens with one attached hydrogen (secondary N) is 3. The molecule has 5 rings (SSSR count). The van der Waals surface area contributed by atoms with Crippen molar-refractivity contribution in [1.29, 1.82) is 5.41 Å². The molecule has 2 aromatic heterocycles. The van der Waals surface area contributed by atoms with Crippen LogP contribution in [0.4, 0.5) is 14.6 Å². The van der Waals surface area contributed by atoms with Crippen LogP contribution < -0.4 is 27.5 Å². The molecule has 0 radical (unpaired) electrons. The highest BCUT2D eigenvalue weighted by atomic mass is 31.0. The zero-order valence-corrected chi connectivity index (χ0v) is 31.8. The second kappa shape index (κ2) is 17.5. The third kappa shape index (κ3) is 11.9. The van der Waals surface area contributed by atoms with Gasteiger partial charge >= 0.3 is 0 Å². The Morgan fingerprint density at radius 3 is 2.55 bits per heavy atom. The summed E-state index contributed by atoms with van der Waals surface area (Å²) in [6.07, 6.45) is 12.3. The SMILES string of the molecule is CN1C=C(CC(NC(=O)C2CC2)C(=O)NC(C)(C)Cn2nc(C(C)(F)F)cc2C(=N)/C=N\N)C=CC1.CN=Cc1cc(-c2cccc(P)c2)cnc1N. The maximum absolute atomic E-state index is 14.0. The maximum atomic E-state index is 14.0. The number of benzene rings is 1. The number of aliphatic imine (C=N–C) groups is 1. The van der Waals surface area contributed by atoms with Crippen molar-refractivity contribution < 1.29 is 18.4 Å². The fourth-order valence-corrected chi connectivity index (χ4v) is 5.80. The van der Waals surface area contributed by atoms with E-state index in [2.05, 4.69) is 46.1 Å². The molecule has 7 N–H and O–H groups in total. The number of nitrogen functional groups attached to an aromatic ring is 1. The molecule has 53 heavy (non-hydrogen) atoms. The molecule has 16 heteroatoms. The smallest absolute Gasteiger partial charge is 0.288 e. The number of rotatable bonds is 13. The van der Waals surface area contributed by atoms with Crippen molar-refractivity contribution in [2.75, 3.05) is 26.4 Å². The van der Waals surface area contributed by atoms with Gasteiger partial charge in [-0.1, -0.05) is 30.4 Å². The third-order valence-electron chi connectivity index (χ3n) is 8.29. The lowest BCUT2D eigenvalue weighted by molar-refractivity contribution is -0.130. The molecule has 282 valence electrons. The molecular weight excluding hydrogens is 699 g/mol. The number of alkyl halides is 2. The lowest BCUT2D eigenvalue weighted by atomic mass is 10.0. The number of hydrazone groups is 1. The van der Waals surface area contributed by atoms with Crippen molar-refractivity contribution in [3.05, 3.63) is 83.5 Å². The largest absolute Gasteiger partial charge is 0.383 e. The lowest BCUT2D eigenvalue weighted by Gasteiger charge is -2.30. The number of pyridine rings is 1. The van der Waals surface area contributed by atoms with Crippen molar-refractivity contribution in [2.24, 2.45) is 21.9 Å². The monoisotopic (exact) mass is 747 g/mol. The molecule has 3 heterocycles. The summed E-state index contributed by atoms with van der Waals surface area (Å²) in [5.74, 6) is 1.80. The Morgan fingerprint density at radius 2 is 1.92 bits per heavy atom. The second-order valence-corrected chi connectivity index (χ2v) is 14.5. The molecule has 2 unspecified atom stereocenters. The number of carbonyl (C=O) groups is 2. The topological polar surface area (TPSA) is 193 Å². The molecule has 2 aliphatic rings. The Balaban J connectivity index is 0.000000306. The van der Waals surface area contributed by atoms with Crippen molar-refractivity contribution >= 4 is 50.3 Å². The number of hydrogen-bond donors (Lipinski definition) is 5. The van der Waals surface area contributed by atoms with E-state index in [0.29, 0.717) is 12.2 Å². The van der Waals surface area contributed by atoms with Crippen LogP contribution >= 0.6 is 9.24 Å². The molecule has 0 saturated heterocycles. The first kappa shape index (κ1) is 40.5. The molecule has 3 aromatic rings. The molecule has 0 bridgehead atoms. The molecule has 0 spiro atoms. The van der Waals surface area contributed by atoms with Crippen molar-refractivity contribution in [1.82, 2.24) is 30.3 Å². The summed E-state index contributed by atoms with van der Waals surface area (Å²) in [5.41, 5.74) is 8.10. The zero-order valence-electron chi connectivity index (χ0n) is 30.6. The van der Waals surface area contributed by atoms with Crippen LogP contribution in [0.2, 0.25) is 0 Å². The van der Waals surface area contributed by atoms with E-state index in [0.717, 1.165) is 66.2 Å². The van der Waals surface area contributed by atoms with E-state index in [1.165, 1.54) is 4.68 Å². The van der Waals surface area contributed by atoms with E-state index >= 15 is 0 Å². The van der Waals surface area contributed by atoms with Crippen LogP contribution in [0.5, 0.6) is 0 Å². The fraction of sp³-hybridized carbons (Fsp3) is 0.378. The second-order valence-electron chi connectivity index (χ2n) is 13.8. The highest BCUT2D eigenvalue weighted by Gasteiger charge is 2.35. The number of carbonyl (C=O) groups excluding carboxylic acids is 2. The minimum absolute atomic E-state index is 0.0143. The molecule has 1 fully saturated rings. The minimum Gasteiger partial charge on any atom is -0.383 e. The maximum Gasteiger partial charge on any atom is 0.288 e. The van der Waals surface area contributed by atoms with Gasteiger partial charge in [-0.25, -0.2) is 4.98 Å². The normalized spacial score (nSPS) is 15.2. The molecule has 1 aliphatic heterocycles. The van der Waals surface area contributed by atoms with Gasteiger partial charge in [0.2, 0.25) is 11.8 Å². The Hall–Kier alpha value is -5.30. The average molecular weight is 748 g/mol. The number of aromatic nitrogens is 3. The van der Waals surface area contributed by atoms with Gasteiger partial charge in [0.1, 0.15) is 17.6 Å². The number of nitrogens with two attached hydrogens (primary N) is 2. The predicted molar refractivity (Wildman–Crippen MR) is 210 cm³/mol. The minimum atomic E-state index is -3.22. The first-order chi connectivity index (χ1) is 25.0. The number of hydrogen-bond acceptors (Lipinski definition) is 10. The average Bonchev–Trinajstić information content (AvgIpc) is 3.85.